The third-order valence-corrected chi connectivity index (χ3v) is 3.52. The summed E-state index contributed by atoms with van der Waals surface area (Å²) in [6.07, 6.45) is 2.56. The van der Waals surface area contributed by atoms with Gasteiger partial charge in [-0.25, -0.2) is 0 Å². The first-order valence-corrected chi connectivity index (χ1v) is 6.98. The van der Waals surface area contributed by atoms with Crippen molar-refractivity contribution in [3.63, 3.8) is 0 Å². The number of fused-ring (bicyclic) bond motifs is 1. The Kier molecular flexibility index (Phi) is 3.31. The van der Waals surface area contributed by atoms with E-state index in [-0.39, 0.29) is 17.1 Å². The van der Waals surface area contributed by atoms with E-state index >= 15 is 0 Å². The molecular weight excluding hydrogens is 220 g/mol. The van der Waals surface area contributed by atoms with Gasteiger partial charge in [0.1, 0.15) is 0 Å². The van der Waals surface area contributed by atoms with E-state index in [2.05, 4.69) is 59.7 Å². The van der Waals surface area contributed by atoms with Crippen LogP contribution in [0.2, 0.25) is 0 Å². The number of benzene rings is 1. The molecule has 0 bridgehead atoms. The van der Waals surface area contributed by atoms with Crippen molar-refractivity contribution in [2.45, 2.75) is 71.5 Å². The monoisotopic (exact) mass is 246 g/mol. The fourth-order valence-corrected chi connectivity index (χ4v) is 2.87. The first-order chi connectivity index (χ1) is 8.18. The maximum atomic E-state index is 6.19. The van der Waals surface area contributed by atoms with Gasteiger partial charge in [-0.1, -0.05) is 39.0 Å². The van der Waals surface area contributed by atoms with Crippen LogP contribution in [0.1, 0.15) is 70.8 Å². The van der Waals surface area contributed by atoms with Crippen LogP contribution in [0.15, 0.2) is 18.2 Å². The Bertz CT molecular complexity index is 432. The van der Waals surface area contributed by atoms with Gasteiger partial charge in [0.05, 0.1) is 11.7 Å². The van der Waals surface area contributed by atoms with E-state index in [1.54, 1.807) is 0 Å². The summed E-state index contributed by atoms with van der Waals surface area (Å²) >= 11 is 0. The first-order valence-electron chi connectivity index (χ1n) is 6.98. The molecule has 100 valence electrons. The van der Waals surface area contributed by atoms with Gasteiger partial charge < -0.3 is 4.74 Å². The standard InChI is InChI=1S/C17H26O/c1-16(2,3)14-9-7-8-13-12(14)10-11-15(13)18-17(4,5)6/h7-9,15H,10-11H2,1-6H3/t15-/m1/s1. The fourth-order valence-electron chi connectivity index (χ4n) is 2.87. The Morgan fingerprint density at radius 3 is 2.28 bits per heavy atom. The zero-order valence-corrected chi connectivity index (χ0v) is 12.6. The molecule has 0 aromatic heterocycles. The van der Waals surface area contributed by atoms with Gasteiger partial charge >= 0.3 is 0 Å². The van der Waals surface area contributed by atoms with Gasteiger partial charge in [-0.3, -0.25) is 0 Å². The fraction of sp³-hybridized carbons (Fsp3) is 0.647. The van der Waals surface area contributed by atoms with Crippen molar-refractivity contribution >= 4 is 0 Å². The van der Waals surface area contributed by atoms with E-state index in [0.717, 1.165) is 12.8 Å². The number of ether oxygens (including phenoxy) is 1. The molecule has 1 aromatic rings. The molecule has 0 unspecified atom stereocenters. The van der Waals surface area contributed by atoms with E-state index < -0.39 is 0 Å². The van der Waals surface area contributed by atoms with Gasteiger partial charge in [-0.2, -0.15) is 0 Å². The zero-order valence-electron chi connectivity index (χ0n) is 12.6. The average molecular weight is 246 g/mol. The van der Waals surface area contributed by atoms with E-state index in [0.29, 0.717) is 0 Å². The van der Waals surface area contributed by atoms with Gasteiger partial charge in [-0.05, 0) is 55.7 Å². The summed E-state index contributed by atoms with van der Waals surface area (Å²) in [5, 5.41) is 0. The molecule has 0 radical (unpaired) electrons. The van der Waals surface area contributed by atoms with Crippen molar-refractivity contribution in [3.8, 4) is 0 Å². The predicted octanol–water partition coefficient (Wildman–Crippen LogP) is 4.79. The van der Waals surface area contributed by atoms with Crippen molar-refractivity contribution in [2.75, 3.05) is 0 Å². The van der Waals surface area contributed by atoms with Gasteiger partial charge in [0, 0.05) is 0 Å². The molecule has 1 aromatic carbocycles. The second-order valence-corrected chi connectivity index (χ2v) is 7.38. The lowest BCUT2D eigenvalue weighted by Crippen LogP contribution is -2.21. The lowest BCUT2D eigenvalue weighted by molar-refractivity contribution is -0.0605. The SMILES string of the molecule is CC(C)(C)O[C@@H]1CCc2c1cccc2C(C)(C)C. The summed E-state index contributed by atoms with van der Waals surface area (Å²) in [5.74, 6) is 0. The highest BCUT2D eigenvalue weighted by atomic mass is 16.5. The number of hydrogen-bond acceptors (Lipinski definition) is 1. The smallest absolute Gasteiger partial charge is 0.0838 e. The van der Waals surface area contributed by atoms with Crippen LogP contribution in [0.3, 0.4) is 0 Å². The van der Waals surface area contributed by atoms with Crippen LogP contribution in [0.5, 0.6) is 0 Å². The molecule has 0 aliphatic heterocycles. The Labute approximate surface area is 112 Å². The molecule has 0 fully saturated rings. The van der Waals surface area contributed by atoms with Crippen molar-refractivity contribution in [1.29, 1.82) is 0 Å². The molecule has 0 heterocycles. The minimum Gasteiger partial charge on any atom is -0.368 e. The molecule has 0 N–H and O–H groups in total. The maximum absolute atomic E-state index is 6.19. The minimum atomic E-state index is -0.0655. The normalized spacial score (nSPS) is 20.0. The van der Waals surface area contributed by atoms with E-state index in [1.165, 1.54) is 16.7 Å². The summed E-state index contributed by atoms with van der Waals surface area (Å²) < 4.78 is 6.19. The van der Waals surface area contributed by atoms with Gasteiger partial charge in [0.25, 0.3) is 0 Å². The summed E-state index contributed by atoms with van der Waals surface area (Å²) in [6.45, 7) is 13.3. The summed E-state index contributed by atoms with van der Waals surface area (Å²) in [6, 6.07) is 6.70. The Morgan fingerprint density at radius 1 is 1.06 bits per heavy atom. The minimum absolute atomic E-state index is 0.0655. The molecule has 1 aliphatic carbocycles. The van der Waals surface area contributed by atoms with Crippen LogP contribution >= 0.6 is 0 Å². The number of hydrogen-bond donors (Lipinski definition) is 0. The molecule has 0 saturated carbocycles. The van der Waals surface area contributed by atoms with Crippen molar-refractivity contribution in [3.05, 3.63) is 34.9 Å². The molecule has 0 amide bonds. The average Bonchev–Trinajstić information content (AvgIpc) is 2.57. The van der Waals surface area contributed by atoms with Crippen molar-refractivity contribution < 1.29 is 4.74 Å². The molecule has 18 heavy (non-hydrogen) atoms. The predicted molar refractivity (Wildman–Crippen MR) is 77.0 cm³/mol. The maximum Gasteiger partial charge on any atom is 0.0838 e. The lowest BCUT2D eigenvalue weighted by atomic mass is 9.82. The molecule has 0 saturated heterocycles. The highest BCUT2D eigenvalue weighted by Crippen LogP contribution is 2.41. The zero-order chi connectivity index (χ0) is 13.6. The third kappa shape index (κ3) is 2.77. The molecule has 2 rings (SSSR count). The van der Waals surface area contributed by atoms with Crippen molar-refractivity contribution in [2.24, 2.45) is 0 Å². The molecule has 1 aliphatic rings. The molecule has 1 heteroatoms. The van der Waals surface area contributed by atoms with Crippen LogP contribution in [-0.2, 0) is 16.6 Å². The van der Waals surface area contributed by atoms with E-state index in [9.17, 15) is 0 Å². The highest BCUT2D eigenvalue weighted by molar-refractivity contribution is 5.43. The summed E-state index contributed by atoms with van der Waals surface area (Å²) in [4.78, 5) is 0. The topological polar surface area (TPSA) is 9.23 Å². The third-order valence-electron chi connectivity index (χ3n) is 3.52. The van der Waals surface area contributed by atoms with Gasteiger partial charge in [-0.15, -0.1) is 0 Å². The second kappa shape index (κ2) is 4.38. The van der Waals surface area contributed by atoms with E-state index in [1.807, 2.05) is 0 Å². The largest absolute Gasteiger partial charge is 0.368 e. The second-order valence-electron chi connectivity index (χ2n) is 7.38. The van der Waals surface area contributed by atoms with Crippen LogP contribution in [0, 0.1) is 0 Å². The Hall–Kier alpha value is -0.820. The molecule has 1 nitrogen and oxygen atoms in total. The van der Waals surface area contributed by atoms with E-state index in [4.69, 9.17) is 4.74 Å². The lowest BCUT2D eigenvalue weighted by Gasteiger charge is -2.26. The Morgan fingerprint density at radius 2 is 1.72 bits per heavy atom. The molecule has 0 spiro atoms. The van der Waals surface area contributed by atoms with Crippen LogP contribution in [0.4, 0.5) is 0 Å². The van der Waals surface area contributed by atoms with Gasteiger partial charge in [0.15, 0.2) is 0 Å². The number of rotatable bonds is 1. The quantitative estimate of drug-likeness (QED) is 0.692. The Balaban J connectivity index is 2.35. The molecular formula is C17H26O. The highest BCUT2D eigenvalue weighted by Gasteiger charge is 2.31. The summed E-state index contributed by atoms with van der Waals surface area (Å²) in [7, 11) is 0. The van der Waals surface area contributed by atoms with Crippen molar-refractivity contribution in [1.82, 2.24) is 0 Å². The molecule has 1 atom stereocenters. The first kappa shape index (κ1) is 13.6. The summed E-state index contributed by atoms with van der Waals surface area (Å²) in [5.41, 5.74) is 4.59. The van der Waals surface area contributed by atoms with Crippen LogP contribution in [-0.4, -0.2) is 5.60 Å². The van der Waals surface area contributed by atoms with Crippen LogP contribution < -0.4 is 0 Å². The van der Waals surface area contributed by atoms with Gasteiger partial charge in [0.2, 0.25) is 0 Å². The van der Waals surface area contributed by atoms with Crippen LogP contribution in [0.25, 0.3) is 0 Å².